The zero-order valence-corrected chi connectivity index (χ0v) is 13.5. The summed E-state index contributed by atoms with van der Waals surface area (Å²) in [7, 11) is 2.12. The third kappa shape index (κ3) is 2.47. The molecule has 0 saturated carbocycles. The van der Waals surface area contributed by atoms with E-state index in [9.17, 15) is 0 Å². The second-order valence-corrected chi connectivity index (χ2v) is 6.89. The Bertz CT molecular complexity index is 618. The number of nitrogens with zero attached hydrogens (tertiary/aromatic N) is 5. The molecule has 0 aromatic carbocycles. The Morgan fingerprint density at radius 1 is 1.40 bits per heavy atom. The van der Waals surface area contributed by atoms with Gasteiger partial charge in [-0.1, -0.05) is 29.9 Å². The van der Waals surface area contributed by atoms with Crippen molar-refractivity contribution in [3.8, 4) is 0 Å². The Morgan fingerprint density at radius 2 is 2.20 bits per heavy atom. The van der Waals surface area contributed by atoms with Crippen LogP contribution < -0.4 is 0 Å². The molecule has 1 aliphatic heterocycles. The molecule has 2 aromatic rings. The van der Waals surface area contributed by atoms with Crippen LogP contribution in [0.5, 0.6) is 0 Å². The number of hydrogen-bond acceptors (Lipinski definition) is 5. The van der Waals surface area contributed by atoms with Gasteiger partial charge in [0.25, 0.3) is 0 Å². The summed E-state index contributed by atoms with van der Waals surface area (Å²) in [6.07, 6.45) is 1.03. The first-order valence-corrected chi connectivity index (χ1v) is 7.95. The number of aromatic nitrogens is 4. The average Bonchev–Trinajstić information content (AvgIpc) is 2.95. The summed E-state index contributed by atoms with van der Waals surface area (Å²) in [5, 5.41) is 4.09. The Hall–Kier alpha value is -0.980. The molecule has 7 heteroatoms. The highest BCUT2D eigenvalue weighted by Gasteiger charge is 2.24. The standard InChI is InChI=1S/C13H18ClN5S/c1-8(2)13-15-9-6-19(5-4-11(9)18(13)3)7-10-12(14)20-17-16-10/h8H,4-7H2,1-3H3. The lowest BCUT2D eigenvalue weighted by molar-refractivity contribution is 0.237. The van der Waals surface area contributed by atoms with Crippen LogP contribution in [0.1, 0.15) is 42.7 Å². The van der Waals surface area contributed by atoms with Crippen LogP contribution in [0.3, 0.4) is 0 Å². The van der Waals surface area contributed by atoms with Gasteiger partial charge in [-0.15, -0.1) is 5.10 Å². The quantitative estimate of drug-likeness (QED) is 0.874. The van der Waals surface area contributed by atoms with Gasteiger partial charge in [0.1, 0.15) is 15.9 Å². The fraction of sp³-hybridized carbons (Fsp3) is 0.615. The van der Waals surface area contributed by atoms with Crippen molar-refractivity contribution in [3.63, 3.8) is 0 Å². The van der Waals surface area contributed by atoms with Gasteiger partial charge in [-0.25, -0.2) is 4.98 Å². The zero-order chi connectivity index (χ0) is 14.3. The van der Waals surface area contributed by atoms with Crippen molar-refractivity contribution < 1.29 is 0 Å². The van der Waals surface area contributed by atoms with Gasteiger partial charge >= 0.3 is 0 Å². The molecule has 3 heterocycles. The molecule has 0 bridgehead atoms. The summed E-state index contributed by atoms with van der Waals surface area (Å²) >= 11 is 7.32. The fourth-order valence-electron chi connectivity index (χ4n) is 2.76. The molecule has 0 unspecified atom stereocenters. The van der Waals surface area contributed by atoms with Crippen LogP contribution in [0.2, 0.25) is 4.34 Å². The fourth-order valence-corrected chi connectivity index (χ4v) is 3.37. The van der Waals surface area contributed by atoms with E-state index >= 15 is 0 Å². The van der Waals surface area contributed by atoms with Gasteiger partial charge in [-0.3, -0.25) is 4.90 Å². The topological polar surface area (TPSA) is 46.8 Å². The first kappa shape index (κ1) is 14.0. The molecule has 0 radical (unpaired) electrons. The highest BCUT2D eigenvalue weighted by atomic mass is 35.5. The molecule has 108 valence electrons. The Kier molecular flexibility index (Phi) is 3.79. The highest BCUT2D eigenvalue weighted by molar-refractivity contribution is 7.10. The van der Waals surface area contributed by atoms with Crippen molar-refractivity contribution in [1.82, 2.24) is 24.0 Å². The molecule has 0 saturated heterocycles. The average molecular weight is 312 g/mol. The Morgan fingerprint density at radius 3 is 2.85 bits per heavy atom. The van der Waals surface area contributed by atoms with Gasteiger partial charge in [0.2, 0.25) is 0 Å². The summed E-state index contributed by atoms with van der Waals surface area (Å²) in [6, 6.07) is 0. The van der Waals surface area contributed by atoms with Gasteiger partial charge in [0.05, 0.1) is 5.69 Å². The lowest BCUT2D eigenvalue weighted by atomic mass is 10.1. The summed E-state index contributed by atoms with van der Waals surface area (Å²) in [6.45, 7) is 7.00. The number of rotatable bonds is 3. The van der Waals surface area contributed by atoms with E-state index in [2.05, 4.69) is 39.9 Å². The molecule has 20 heavy (non-hydrogen) atoms. The molecule has 2 aromatic heterocycles. The molecule has 1 aliphatic rings. The van der Waals surface area contributed by atoms with Crippen LogP contribution in [0.4, 0.5) is 0 Å². The predicted molar refractivity (Wildman–Crippen MR) is 80.0 cm³/mol. The second-order valence-electron chi connectivity index (χ2n) is 5.53. The summed E-state index contributed by atoms with van der Waals surface area (Å²) in [5.41, 5.74) is 3.44. The first-order chi connectivity index (χ1) is 9.56. The zero-order valence-electron chi connectivity index (χ0n) is 11.9. The monoisotopic (exact) mass is 311 g/mol. The minimum Gasteiger partial charge on any atom is -0.335 e. The molecular formula is C13H18ClN5S. The minimum atomic E-state index is 0.455. The van der Waals surface area contributed by atoms with Crippen molar-refractivity contribution in [3.05, 3.63) is 27.2 Å². The summed E-state index contributed by atoms with van der Waals surface area (Å²) < 4.78 is 6.84. The Balaban J connectivity index is 1.79. The molecule has 0 spiro atoms. The lowest BCUT2D eigenvalue weighted by Crippen LogP contribution is -2.31. The van der Waals surface area contributed by atoms with E-state index in [0.717, 1.165) is 31.7 Å². The number of halogens is 1. The molecule has 0 fully saturated rings. The van der Waals surface area contributed by atoms with Crippen LogP contribution in [-0.2, 0) is 26.6 Å². The van der Waals surface area contributed by atoms with E-state index < -0.39 is 0 Å². The molecule has 3 rings (SSSR count). The predicted octanol–water partition coefficient (Wildman–Crippen LogP) is 2.61. The Labute approximate surface area is 127 Å². The molecule has 5 nitrogen and oxygen atoms in total. The molecule has 0 N–H and O–H groups in total. The van der Waals surface area contributed by atoms with Crippen molar-refractivity contribution in [2.24, 2.45) is 7.05 Å². The van der Waals surface area contributed by atoms with E-state index in [1.54, 1.807) is 0 Å². The van der Waals surface area contributed by atoms with Crippen molar-refractivity contribution in [2.45, 2.75) is 39.3 Å². The van der Waals surface area contributed by atoms with E-state index in [1.807, 2.05) is 0 Å². The molecular weight excluding hydrogens is 294 g/mol. The molecule has 0 aliphatic carbocycles. The van der Waals surface area contributed by atoms with Gasteiger partial charge in [0.15, 0.2) is 0 Å². The van der Waals surface area contributed by atoms with Crippen molar-refractivity contribution in [1.29, 1.82) is 0 Å². The van der Waals surface area contributed by atoms with E-state index in [-0.39, 0.29) is 0 Å². The van der Waals surface area contributed by atoms with Crippen LogP contribution in [0, 0.1) is 0 Å². The largest absolute Gasteiger partial charge is 0.335 e. The number of imidazole rings is 1. The smallest absolute Gasteiger partial charge is 0.138 e. The number of fused-ring (bicyclic) bond motifs is 1. The normalized spacial score (nSPS) is 15.8. The maximum atomic E-state index is 6.08. The summed E-state index contributed by atoms with van der Waals surface area (Å²) in [5.74, 6) is 1.63. The van der Waals surface area contributed by atoms with Crippen LogP contribution in [-0.4, -0.2) is 30.6 Å². The second kappa shape index (κ2) is 5.42. The molecule has 0 amide bonds. The third-order valence-electron chi connectivity index (χ3n) is 3.77. The maximum Gasteiger partial charge on any atom is 0.138 e. The van der Waals surface area contributed by atoms with Crippen LogP contribution >= 0.6 is 23.1 Å². The minimum absolute atomic E-state index is 0.455. The van der Waals surface area contributed by atoms with Crippen molar-refractivity contribution in [2.75, 3.05) is 6.54 Å². The SMILES string of the molecule is CC(C)c1nc2c(n1C)CCN(Cc1nnsc1Cl)C2. The van der Waals surface area contributed by atoms with Crippen molar-refractivity contribution >= 4 is 23.1 Å². The maximum absolute atomic E-state index is 6.08. The van der Waals surface area contributed by atoms with Gasteiger partial charge in [0, 0.05) is 56.2 Å². The third-order valence-corrected chi connectivity index (χ3v) is 4.75. The van der Waals surface area contributed by atoms with Gasteiger partial charge in [-0.2, -0.15) is 0 Å². The van der Waals surface area contributed by atoms with Gasteiger partial charge in [-0.05, 0) is 0 Å². The lowest BCUT2D eigenvalue weighted by Gasteiger charge is -2.25. The van der Waals surface area contributed by atoms with Crippen LogP contribution in [0.15, 0.2) is 0 Å². The van der Waals surface area contributed by atoms with E-state index in [1.165, 1.54) is 28.7 Å². The van der Waals surface area contributed by atoms with E-state index in [4.69, 9.17) is 16.6 Å². The summed E-state index contributed by atoms with van der Waals surface area (Å²) in [4.78, 5) is 7.14. The first-order valence-electron chi connectivity index (χ1n) is 6.79. The van der Waals surface area contributed by atoms with Crippen LogP contribution in [0.25, 0.3) is 0 Å². The molecule has 0 atom stereocenters. The highest BCUT2D eigenvalue weighted by Crippen LogP contribution is 2.25. The number of hydrogen-bond donors (Lipinski definition) is 0. The van der Waals surface area contributed by atoms with E-state index in [0.29, 0.717) is 10.3 Å². The van der Waals surface area contributed by atoms with Gasteiger partial charge < -0.3 is 4.57 Å².